The number of nitrogens with zero attached hydrogens (tertiary/aromatic N) is 2. The lowest BCUT2D eigenvalue weighted by Crippen LogP contribution is -2.39. The fourth-order valence-electron chi connectivity index (χ4n) is 2.15. The second kappa shape index (κ2) is 6.19. The number of halogens is 1. The molecule has 19 heavy (non-hydrogen) atoms. The molecular formula is C14H16FN3O. The first-order chi connectivity index (χ1) is 9.20. The van der Waals surface area contributed by atoms with Crippen molar-refractivity contribution in [3.8, 4) is 6.07 Å². The first kappa shape index (κ1) is 13.3. The monoisotopic (exact) mass is 261 g/mol. The van der Waals surface area contributed by atoms with Crippen LogP contribution in [-0.4, -0.2) is 30.4 Å². The van der Waals surface area contributed by atoms with E-state index in [1.165, 1.54) is 18.6 Å². The zero-order valence-corrected chi connectivity index (χ0v) is 10.7. The number of likely N-dealkylation sites (tertiary alicyclic amines) is 1. The lowest BCUT2D eigenvalue weighted by Gasteiger charge is -2.26. The van der Waals surface area contributed by atoms with Gasteiger partial charge < -0.3 is 10.2 Å². The molecule has 1 N–H and O–H groups in total. The maximum absolute atomic E-state index is 13.4. The van der Waals surface area contributed by atoms with E-state index in [9.17, 15) is 9.18 Å². The van der Waals surface area contributed by atoms with Crippen molar-refractivity contribution in [1.29, 1.82) is 5.26 Å². The largest absolute Gasteiger partial charge is 0.376 e. The van der Waals surface area contributed by atoms with Gasteiger partial charge in [-0.15, -0.1) is 0 Å². The van der Waals surface area contributed by atoms with Crippen LogP contribution < -0.4 is 5.32 Å². The summed E-state index contributed by atoms with van der Waals surface area (Å²) in [6, 6.07) is 6.01. The maximum atomic E-state index is 13.4. The normalized spacial score (nSPS) is 14.8. The highest BCUT2D eigenvalue weighted by atomic mass is 19.1. The van der Waals surface area contributed by atoms with Crippen LogP contribution in [0, 0.1) is 17.1 Å². The maximum Gasteiger partial charge on any atom is 0.241 e. The zero-order valence-electron chi connectivity index (χ0n) is 10.7. The summed E-state index contributed by atoms with van der Waals surface area (Å²) in [5.74, 6) is -0.539. The van der Waals surface area contributed by atoms with Gasteiger partial charge in [-0.1, -0.05) is 0 Å². The van der Waals surface area contributed by atoms with Crippen LogP contribution in [0.25, 0.3) is 0 Å². The van der Waals surface area contributed by atoms with Gasteiger partial charge in [0.15, 0.2) is 0 Å². The van der Waals surface area contributed by atoms with E-state index in [1.807, 2.05) is 4.90 Å². The van der Waals surface area contributed by atoms with Crippen LogP contribution in [0.5, 0.6) is 0 Å². The number of carbonyl (C=O) groups is 1. The summed E-state index contributed by atoms with van der Waals surface area (Å²) in [4.78, 5) is 13.7. The van der Waals surface area contributed by atoms with E-state index in [0.29, 0.717) is 5.69 Å². The number of carbonyl (C=O) groups excluding carboxylic acids is 1. The fourth-order valence-corrected chi connectivity index (χ4v) is 2.15. The molecule has 0 aliphatic carbocycles. The van der Waals surface area contributed by atoms with Crippen LogP contribution >= 0.6 is 0 Å². The van der Waals surface area contributed by atoms with Gasteiger partial charge in [0.2, 0.25) is 5.91 Å². The Labute approximate surface area is 111 Å². The van der Waals surface area contributed by atoms with Crippen molar-refractivity contribution >= 4 is 11.6 Å². The summed E-state index contributed by atoms with van der Waals surface area (Å²) in [7, 11) is 0. The Kier molecular flexibility index (Phi) is 4.35. The van der Waals surface area contributed by atoms with Gasteiger partial charge in [-0.05, 0) is 37.5 Å². The van der Waals surface area contributed by atoms with Crippen LogP contribution in [0.2, 0.25) is 0 Å². The quantitative estimate of drug-likeness (QED) is 0.906. The number of amides is 1. The van der Waals surface area contributed by atoms with Crippen molar-refractivity contribution in [3.05, 3.63) is 29.6 Å². The second-order valence-electron chi connectivity index (χ2n) is 4.60. The van der Waals surface area contributed by atoms with Gasteiger partial charge in [0.25, 0.3) is 0 Å². The molecular weight excluding hydrogens is 245 g/mol. The predicted molar refractivity (Wildman–Crippen MR) is 70.0 cm³/mol. The molecule has 1 fully saturated rings. The van der Waals surface area contributed by atoms with Gasteiger partial charge >= 0.3 is 0 Å². The van der Waals surface area contributed by atoms with Gasteiger partial charge in [-0.2, -0.15) is 5.26 Å². The molecule has 2 rings (SSSR count). The molecule has 5 heteroatoms. The van der Waals surface area contributed by atoms with Crippen molar-refractivity contribution in [2.24, 2.45) is 0 Å². The highest BCUT2D eigenvalue weighted by molar-refractivity contribution is 5.81. The Balaban J connectivity index is 1.89. The Hall–Kier alpha value is -2.09. The van der Waals surface area contributed by atoms with E-state index in [1.54, 1.807) is 12.1 Å². The smallest absolute Gasteiger partial charge is 0.241 e. The number of nitriles is 1. The first-order valence-corrected chi connectivity index (χ1v) is 6.42. The molecule has 4 nitrogen and oxygen atoms in total. The average molecular weight is 261 g/mol. The molecule has 0 aromatic heterocycles. The van der Waals surface area contributed by atoms with E-state index in [2.05, 4.69) is 5.32 Å². The molecule has 1 aliphatic rings. The molecule has 0 saturated carbocycles. The summed E-state index contributed by atoms with van der Waals surface area (Å²) >= 11 is 0. The third-order valence-electron chi connectivity index (χ3n) is 3.24. The zero-order chi connectivity index (χ0) is 13.7. The third-order valence-corrected chi connectivity index (χ3v) is 3.24. The number of nitrogens with one attached hydrogen (secondary N) is 1. The molecule has 1 aromatic rings. The van der Waals surface area contributed by atoms with Crippen molar-refractivity contribution in [2.45, 2.75) is 19.3 Å². The SMILES string of the molecule is N#Cc1ccc(NCC(=O)N2CCCCC2)cc1F. The molecule has 1 heterocycles. The van der Waals surface area contributed by atoms with E-state index >= 15 is 0 Å². The molecule has 1 saturated heterocycles. The standard InChI is InChI=1S/C14H16FN3O/c15-13-8-12(5-4-11(13)9-16)17-10-14(19)18-6-2-1-3-7-18/h4-5,8,17H,1-3,6-7,10H2. The van der Waals surface area contributed by atoms with E-state index in [-0.39, 0.29) is 18.0 Å². The lowest BCUT2D eigenvalue weighted by atomic mass is 10.1. The van der Waals surface area contributed by atoms with Gasteiger partial charge in [0.1, 0.15) is 11.9 Å². The number of piperidine rings is 1. The second-order valence-corrected chi connectivity index (χ2v) is 4.60. The van der Waals surface area contributed by atoms with Crippen LogP contribution in [0.3, 0.4) is 0 Å². The average Bonchev–Trinajstić information content (AvgIpc) is 2.46. The Morgan fingerprint density at radius 1 is 1.37 bits per heavy atom. The van der Waals surface area contributed by atoms with Crippen molar-refractivity contribution in [2.75, 3.05) is 25.0 Å². The summed E-state index contributed by atoms with van der Waals surface area (Å²) in [5, 5.41) is 11.5. The molecule has 1 aliphatic heterocycles. The molecule has 0 bridgehead atoms. The van der Waals surface area contributed by atoms with E-state index < -0.39 is 5.82 Å². The summed E-state index contributed by atoms with van der Waals surface area (Å²) in [5.41, 5.74) is 0.523. The van der Waals surface area contributed by atoms with Crippen LogP contribution in [0.1, 0.15) is 24.8 Å². The molecule has 100 valence electrons. The lowest BCUT2D eigenvalue weighted by molar-refractivity contribution is -0.130. The molecule has 0 atom stereocenters. The Morgan fingerprint density at radius 3 is 2.74 bits per heavy atom. The topological polar surface area (TPSA) is 56.1 Å². The predicted octanol–water partition coefficient (Wildman–Crippen LogP) is 2.12. The van der Waals surface area contributed by atoms with Gasteiger partial charge in [0, 0.05) is 18.8 Å². The first-order valence-electron chi connectivity index (χ1n) is 6.42. The van der Waals surface area contributed by atoms with Crippen LogP contribution in [0.15, 0.2) is 18.2 Å². The minimum absolute atomic E-state index is 0.00732. The van der Waals surface area contributed by atoms with Crippen molar-refractivity contribution in [3.63, 3.8) is 0 Å². The number of anilines is 1. The minimum Gasteiger partial charge on any atom is -0.376 e. The molecule has 0 radical (unpaired) electrons. The van der Waals surface area contributed by atoms with Crippen LogP contribution in [0.4, 0.5) is 10.1 Å². The van der Waals surface area contributed by atoms with E-state index in [0.717, 1.165) is 25.9 Å². The number of benzene rings is 1. The number of rotatable bonds is 3. The van der Waals surface area contributed by atoms with Crippen molar-refractivity contribution < 1.29 is 9.18 Å². The molecule has 1 aromatic carbocycles. The van der Waals surface area contributed by atoms with Crippen LogP contribution in [-0.2, 0) is 4.79 Å². The molecule has 0 spiro atoms. The summed E-state index contributed by atoms with van der Waals surface area (Å²) in [6.07, 6.45) is 3.28. The Bertz CT molecular complexity index is 504. The molecule has 1 amide bonds. The third kappa shape index (κ3) is 3.44. The van der Waals surface area contributed by atoms with Gasteiger partial charge in [0.05, 0.1) is 12.1 Å². The van der Waals surface area contributed by atoms with Gasteiger partial charge in [-0.25, -0.2) is 4.39 Å². The van der Waals surface area contributed by atoms with Gasteiger partial charge in [-0.3, -0.25) is 4.79 Å². The minimum atomic E-state index is -0.571. The highest BCUT2D eigenvalue weighted by Crippen LogP contribution is 2.14. The summed E-state index contributed by atoms with van der Waals surface area (Å²) < 4.78 is 13.4. The summed E-state index contributed by atoms with van der Waals surface area (Å²) in [6.45, 7) is 1.77. The fraction of sp³-hybridized carbons (Fsp3) is 0.429. The Morgan fingerprint density at radius 2 is 2.11 bits per heavy atom. The van der Waals surface area contributed by atoms with Crippen molar-refractivity contribution in [1.82, 2.24) is 4.90 Å². The molecule has 0 unspecified atom stereocenters. The number of hydrogen-bond donors (Lipinski definition) is 1. The highest BCUT2D eigenvalue weighted by Gasteiger charge is 2.15. The van der Waals surface area contributed by atoms with E-state index in [4.69, 9.17) is 5.26 Å². The number of hydrogen-bond acceptors (Lipinski definition) is 3.